The molecule has 4 unspecified atom stereocenters. The van der Waals surface area contributed by atoms with Gasteiger partial charge in [-0.3, -0.25) is 4.79 Å². The van der Waals surface area contributed by atoms with Crippen LogP contribution in [0.3, 0.4) is 0 Å². The molecule has 0 aliphatic heterocycles. The van der Waals surface area contributed by atoms with E-state index in [1.807, 2.05) is 30.3 Å². The summed E-state index contributed by atoms with van der Waals surface area (Å²) in [5.74, 6) is 1.90. The lowest BCUT2D eigenvalue weighted by Crippen LogP contribution is -2.37. The number of nitrogens with one attached hydrogen (secondary N) is 1. The van der Waals surface area contributed by atoms with Crippen molar-refractivity contribution in [1.29, 1.82) is 0 Å². The summed E-state index contributed by atoms with van der Waals surface area (Å²) in [4.78, 5) is 12.8. The van der Waals surface area contributed by atoms with Crippen molar-refractivity contribution in [2.75, 3.05) is 6.54 Å². The third kappa shape index (κ3) is 3.09. The highest BCUT2D eigenvalue weighted by Gasteiger charge is 2.36. The fraction of sp³-hybridized carbons (Fsp3) is 0.444. The van der Waals surface area contributed by atoms with E-state index in [0.717, 1.165) is 18.0 Å². The smallest absolute Gasteiger partial charge is 0.245 e. The SMILES string of the molecule is O=C(NCC1CC2C=CC1C2)C(Cc1ccccc1)n1cnnn1. The number of amides is 1. The van der Waals surface area contributed by atoms with Gasteiger partial charge in [-0.25, -0.2) is 4.68 Å². The van der Waals surface area contributed by atoms with Gasteiger partial charge in [-0.1, -0.05) is 42.5 Å². The maximum Gasteiger partial charge on any atom is 0.245 e. The van der Waals surface area contributed by atoms with Crippen LogP contribution in [0.25, 0.3) is 0 Å². The molecule has 0 saturated heterocycles. The summed E-state index contributed by atoms with van der Waals surface area (Å²) < 4.78 is 1.54. The van der Waals surface area contributed by atoms with Crippen molar-refractivity contribution >= 4 is 5.91 Å². The van der Waals surface area contributed by atoms with E-state index in [-0.39, 0.29) is 5.91 Å². The largest absolute Gasteiger partial charge is 0.354 e. The summed E-state index contributed by atoms with van der Waals surface area (Å²) in [7, 11) is 0. The van der Waals surface area contributed by atoms with Gasteiger partial charge in [-0.2, -0.15) is 0 Å². The Morgan fingerprint density at radius 3 is 2.79 bits per heavy atom. The zero-order valence-electron chi connectivity index (χ0n) is 13.5. The first-order chi connectivity index (χ1) is 11.8. The van der Waals surface area contributed by atoms with Crippen LogP contribution in [0, 0.1) is 17.8 Å². The highest BCUT2D eigenvalue weighted by molar-refractivity contribution is 5.80. The molecule has 1 aromatic carbocycles. The second-order valence-electron chi connectivity index (χ2n) is 6.78. The summed E-state index contributed by atoms with van der Waals surface area (Å²) in [6.07, 6.45) is 9.16. The van der Waals surface area contributed by atoms with Crippen LogP contribution in [0.1, 0.15) is 24.4 Å². The molecular weight excluding hydrogens is 302 g/mol. The molecule has 6 nitrogen and oxygen atoms in total. The van der Waals surface area contributed by atoms with Gasteiger partial charge in [0.15, 0.2) is 0 Å². The molecule has 2 aromatic rings. The fourth-order valence-corrected chi connectivity index (χ4v) is 3.93. The number of carbonyl (C=O) groups excluding carboxylic acids is 1. The Morgan fingerprint density at radius 2 is 2.12 bits per heavy atom. The molecule has 1 saturated carbocycles. The molecule has 124 valence electrons. The summed E-state index contributed by atoms with van der Waals surface area (Å²) in [5, 5.41) is 14.4. The number of allylic oxidation sites excluding steroid dienone is 2. The Balaban J connectivity index is 1.42. The molecule has 0 spiro atoms. The van der Waals surface area contributed by atoms with Crippen LogP contribution >= 0.6 is 0 Å². The summed E-state index contributed by atoms with van der Waals surface area (Å²) in [6, 6.07) is 9.54. The van der Waals surface area contributed by atoms with Gasteiger partial charge in [0.1, 0.15) is 12.4 Å². The molecule has 6 heteroatoms. The first-order valence-corrected chi connectivity index (χ1v) is 8.52. The molecule has 1 heterocycles. The third-order valence-electron chi connectivity index (χ3n) is 5.21. The molecule has 1 fully saturated rings. The Labute approximate surface area is 140 Å². The molecule has 24 heavy (non-hydrogen) atoms. The maximum absolute atomic E-state index is 12.8. The zero-order valence-corrected chi connectivity index (χ0v) is 13.5. The molecule has 1 N–H and O–H groups in total. The van der Waals surface area contributed by atoms with Crippen LogP contribution < -0.4 is 5.32 Å². The summed E-state index contributed by atoms with van der Waals surface area (Å²) >= 11 is 0. The summed E-state index contributed by atoms with van der Waals surface area (Å²) in [6.45, 7) is 0.734. The lowest BCUT2D eigenvalue weighted by atomic mass is 9.93. The van der Waals surface area contributed by atoms with Crippen LogP contribution in [0.2, 0.25) is 0 Å². The van der Waals surface area contributed by atoms with E-state index >= 15 is 0 Å². The first kappa shape index (κ1) is 15.1. The highest BCUT2D eigenvalue weighted by Crippen LogP contribution is 2.42. The minimum absolute atomic E-state index is 0.0158. The lowest BCUT2D eigenvalue weighted by Gasteiger charge is -2.21. The van der Waals surface area contributed by atoms with Crippen molar-refractivity contribution in [3.63, 3.8) is 0 Å². The molecular formula is C18H21N5O. The van der Waals surface area contributed by atoms with Crippen molar-refractivity contribution in [2.24, 2.45) is 17.8 Å². The Kier molecular flexibility index (Phi) is 4.11. The van der Waals surface area contributed by atoms with Crippen LogP contribution in [0.5, 0.6) is 0 Å². The minimum atomic E-state index is -0.420. The van der Waals surface area contributed by atoms with E-state index in [1.54, 1.807) is 4.68 Å². The Hall–Kier alpha value is -2.50. The van der Waals surface area contributed by atoms with Gasteiger partial charge in [0.25, 0.3) is 0 Å². The fourth-order valence-electron chi connectivity index (χ4n) is 3.93. The molecule has 0 radical (unpaired) electrons. The molecule has 1 amide bonds. The third-order valence-corrected chi connectivity index (χ3v) is 5.21. The van der Waals surface area contributed by atoms with Gasteiger partial charge in [0.2, 0.25) is 5.91 Å². The van der Waals surface area contributed by atoms with Gasteiger partial charge < -0.3 is 5.32 Å². The maximum atomic E-state index is 12.8. The molecule has 2 aliphatic rings. The predicted octanol–water partition coefficient (Wildman–Crippen LogP) is 1.79. The van der Waals surface area contributed by atoms with E-state index < -0.39 is 6.04 Å². The molecule has 2 aliphatic carbocycles. The first-order valence-electron chi connectivity index (χ1n) is 8.52. The number of fused-ring (bicyclic) bond motifs is 2. The van der Waals surface area contributed by atoms with Crippen LogP contribution in [0.4, 0.5) is 0 Å². The molecule has 4 rings (SSSR count). The van der Waals surface area contributed by atoms with Crippen molar-refractivity contribution in [3.05, 3.63) is 54.4 Å². The average Bonchev–Trinajstić information content (AvgIpc) is 3.36. The van der Waals surface area contributed by atoms with E-state index in [4.69, 9.17) is 0 Å². The Bertz CT molecular complexity index is 712. The predicted molar refractivity (Wildman–Crippen MR) is 88.9 cm³/mol. The number of tetrazole rings is 1. The number of rotatable bonds is 6. The van der Waals surface area contributed by atoms with E-state index in [9.17, 15) is 4.79 Å². The molecule has 2 bridgehead atoms. The number of hydrogen-bond donors (Lipinski definition) is 1. The van der Waals surface area contributed by atoms with E-state index in [2.05, 4.69) is 33.0 Å². The average molecular weight is 323 g/mol. The minimum Gasteiger partial charge on any atom is -0.354 e. The van der Waals surface area contributed by atoms with Crippen LogP contribution in [-0.4, -0.2) is 32.7 Å². The lowest BCUT2D eigenvalue weighted by molar-refractivity contribution is -0.124. The quantitative estimate of drug-likeness (QED) is 0.823. The molecule has 1 aromatic heterocycles. The number of nitrogens with zero attached hydrogens (tertiary/aromatic N) is 4. The normalized spacial score (nSPS) is 25.8. The topological polar surface area (TPSA) is 72.7 Å². The number of aromatic nitrogens is 4. The van der Waals surface area contributed by atoms with Crippen molar-refractivity contribution in [2.45, 2.75) is 25.3 Å². The second-order valence-corrected chi connectivity index (χ2v) is 6.78. The second kappa shape index (κ2) is 6.55. The summed E-state index contributed by atoms with van der Waals surface area (Å²) in [5.41, 5.74) is 1.09. The Morgan fingerprint density at radius 1 is 1.25 bits per heavy atom. The molecule has 4 atom stereocenters. The van der Waals surface area contributed by atoms with Gasteiger partial charge in [0, 0.05) is 13.0 Å². The number of benzene rings is 1. The van der Waals surface area contributed by atoms with Gasteiger partial charge in [-0.15, -0.1) is 5.10 Å². The zero-order chi connectivity index (χ0) is 16.4. The standard InChI is InChI=1S/C18H21N5O/c24-18(19-11-16-9-14-6-7-15(16)8-14)17(23-12-20-21-22-23)10-13-4-2-1-3-5-13/h1-7,12,14-17H,8-11H2,(H,19,24). The van der Waals surface area contributed by atoms with E-state index in [0.29, 0.717) is 18.3 Å². The van der Waals surface area contributed by atoms with Crippen molar-refractivity contribution in [3.8, 4) is 0 Å². The monoisotopic (exact) mass is 323 g/mol. The van der Waals surface area contributed by atoms with Crippen molar-refractivity contribution < 1.29 is 4.79 Å². The van der Waals surface area contributed by atoms with Crippen molar-refractivity contribution in [1.82, 2.24) is 25.5 Å². The highest BCUT2D eigenvalue weighted by atomic mass is 16.2. The van der Waals surface area contributed by atoms with Crippen LogP contribution in [-0.2, 0) is 11.2 Å². The van der Waals surface area contributed by atoms with Gasteiger partial charge in [-0.05, 0) is 46.6 Å². The van der Waals surface area contributed by atoms with Gasteiger partial charge >= 0.3 is 0 Å². The number of hydrogen-bond acceptors (Lipinski definition) is 4. The number of carbonyl (C=O) groups is 1. The van der Waals surface area contributed by atoms with Crippen LogP contribution in [0.15, 0.2) is 48.8 Å². The van der Waals surface area contributed by atoms with Gasteiger partial charge in [0.05, 0.1) is 0 Å². The van der Waals surface area contributed by atoms with E-state index in [1.165, 1.54) is 19.2 Å².